The van der Waals surface area contributed by atoms with Crippen LogP contribution in [-0.2, 0) is 0 Å². The number of amides is 2. The van der Waals surface area contributed by atoms with E-state index in [-0.39, 0.29) is 24.7 Å². The lowest BCUT2D eigenvalue weighted by molar-refractivity contribution is 0.216. The van der Waals surface area contributed by atoms with Crippen molar-refractivity contribution in [3.63, 3.8) is 0 Å². The van der Waals surface area contributed by atoms with E-state index in [2.05, 4.69) is 15.6 Å². The van der Waals surface area contributed by atoms with Crippen LogP contribution < -0.4 is 10.6 Å². The van der Waals surface area contributed by atoms with Crippen LogP contribution in [0.2, 0.25) is 0 Å². The molecule has 1 aromatic carbocycles. The SMILES string of the molecule is CC(NC(=O)N[C@@H](C)CO)c1ncc(-c2ccccc2)o1. The van der Waals surface area contributed by atoms with E-state index in [9.17, 15) is 4.79 Å². The second kappa shape index (κ2) is 6.90. The van der Waals surface area contributed by atoms with Gasteiger partial charge in [0.2, 0.25) is 5.89 Å². The number of carbonyl (C=O) groups is 1. The van der Waals surface area contributed by atoms with Crippen LogP contribution >= 0.6 is 0 Å². The van der Waals surface area contributed by atoms with Crippen LogP contribution in [0.25, 0.3) is 11.3 Å². The Morgan fingerprint density at radius 1 is 1.29 bits per heavy atom. The minimum atomic E-state index is -0.372. The van der Waals surface area contributed by atoms with Gasteiger partial charge in [-0.3, -0.25) is 0 Å². The van der Waals surface area contributed by atoms with E-state index >= 15 is 0 Å². The third-order valence-electron chi connectivity index (χ3n) is 2.95. The highest BCUT2D eigenvalue weighted by atomic mass is 16.4. The molecule has 0 aliphatic carbocycles. The summed E-state index contributed by atoms with van der Waals surface area (Å²) in [5.41, 5.74) is 0.932. The van der Waals surface area contributed by atoms with E-state index in [4.69, 9.17) is 9.52 Å². The van der Waals surface area contributed by atoms with Crippen molar-refractivity contribution in [3.8, 4) is 11.3 Å². The molecule has 0 saturated heterocycles. The number of urea groups is 1. The van der Waals surface area contributed by atoms with Crippen molar-refractivity contribution in [1.29, 1.82) is 0 Å². The summed E-state index contributed by atoms with van der Waals surface area (Å²) in [7, 11) is 0. The predicted molar refractivity (Wildman–Crippen MR) is 78.6 cm³/mol. The average molecular weight is 289 g/mol. The van der Waals surface area contributed by atoms with Crippen LogP contribution in [0.4, 0.5) is 4.79 Å². The van der Waals surface area contributed by atoms with Crippen molar-refractivity contribution < 1.29 is 14.3 Å². The molecule has 1 heterocycles. The molecule has 1 aromatic heterocycles. The van der Waals surface area contributed by atoms with Crippen molar-refractivity contribution in [3.05, 3.63) is 42.4 Å². The van der Waals surface area contributed by atoms with E-state index < -0.39 is 0 Å². The molecule has 0 aliphatic heterocycles. The van der Waals surface area contributed by atoms with Gasteiger partial charge < -0.3 is 20.2 Å². The summed E-state index contributed by atoms with van der Waals surface area (Å²) in [5.74, 6) is 1.09. The number of hydrogen-bond acceptors (Lipinski definition) is 4. The molecule has 1 unspecified atom stereocenters. The van der Waals surface area contributed by atoms with Gasteiger partial charge in [0.25, 0.3) is 0 Å². The van der Waals surface area contributed by atoms with Gasteiger partial charge >= 0.3 is 6.03 Å². The highest BCUT2D eigenvalue weighted by Crippen LogP contribution is 2.22. The summed E-state index contributed by atoms with van der Waals surface area (Å²) in [4.78, 5) is 15.9. The maximum atomic E-state index is 11.7. The number of nitrogens with zero attached hydrogens (tertiary/aromatic N) is 1. The Bertz CT molecular complexity index is 583. The van der Waals surface area contributed by atoms with E-state index in [1.54, 1.807) is 20.0 Å². The van der Waals surface area contributed by atoms with Gasteiger partial charge in [0, 0.05) is 5.56 Å². The standard InChI is InChI=1S/C15H19N3O3/c1-10(9-19)17-15(20)18-11(2)14-16-8-13(21-14)12-6-4-3-5-7-12/h3-8,10-11,19H,9H2,1-2H3,(H2,17,18,20)/t10-,11?/m0/s1. The van der Waals surface area contributed by atoms with Gasteiger partial charge in [-0.1, -0.05) is 30.3 Å². The quantitative estimate of drug-likeness (QED) is 0.786. The number of hydrogen-bond donors (Lipinski definition) is 3. The first kappa shape index (κ1) is 15.1. The number of aromatic nitrogens is 1. The largest absolute Gasteiger partial charge is 0.438 e. The molecule has 2 aromatic rings. The molecule has 0 fully saturated rings. The molecule has 112 valence electrons. The van der Waals surface area contributed by atoms with E-state index in [0.717, 1.165) is 5.56 Å². The Morgan fingerprint density at radius 2 is 2.00 bits per heavy atom. The molecule has 21 heavy (non-hydrogen) atoms. The summed E-state index contributed by atoms with van der Waals surface area (Å²) in [6.07, 6.45) is 1.64. The first-order chi connectivity index (χ1) is 10.1. The van der Waals surface area contributed by atoms with Gasteiger partial charge in [0.15, 0.2) is 5.76 Å². The summed E-state index contributed by atoms with van der Waals surface area (Å²) < 4.78 is 5.66. The van der Waals surface area contributed by atoms with E-state index in [0.29, 0.717) is 11.7 Å². The maximum Gasteiger partial charge on any atom is 0.315 e. The van der Waals surface area contributed by atoms with Gasteiger partial charge in [-0.25, -0.2) is 9.78 Å². The fourth-order valence-corrected chi connectivity index (χ4v) is 1.79. The molecule has 6 nitrogen and oxygen atoms in total. The van der Waals surface area contributed by atoms with E-state index in [1.807, 2.05) is 30.3 Å². The first-order valence-corrected chi connectivity index (χ1v) is 6.79. The minimum absolute atomic E-state index is 0.112. The molecule has 0 saturated carbocycles. The normalized spacial score (nSPS) is 13.5. The molecule has 0 spiro atoms. The lowest BCUT2D eigenvalue weighted by atomic mass is 10.2. The van der Waals surface area contributed by atoms with Crippen LogP contribution in [-0.4, -0.2) is 28.8 Å². The number of aliphatic hydroxyl groups excluding tert-OH is 1. The number of carbonyl (C=O) groups excluding carboxylic acids is 1. The molecule has 2 rings (SSSR count). The van der Waals surface area contributed by atoms with Crippen molar-refractivity contribution >= 4 is 6.03 Å². The van der Waals surface area contributed by atoms with Crippen molar-refractivity contribution in [2.24, 2.45) is 0 Å². The fraction of sp³-hybridized carbons (Fsp3) is 0.333. The van der Waals surface area contributed by atoms with Crippen LogP contribution in [0, 0.1) is 0 Å². The van der Waals surface area contributed by atoms with Gasteiger partial charge in [0.05, 0.1) is 18.8 Å². The number of rotatable bonds is 5. The third kappa shape index (κ3) is 4.06. The van der Waals surface area contributed by atoms with Crippen LogP contribution in [0.5, 0.6) is 0 Å². The van der Waals surface area contributed by atoms with Crippen LogP contribution in [0.1, 0.15) is 25.8 Å². The molecule has 2 atom stereocenters. The first-order valence-electron chi connectivity index (χ1n) is 6.79. The Labute approximate surface area is 123 Å². The Hall–Kier alpha value is -2.34. The fourth-order valence-electron chi connectivity index (χ4n) is 1.79. The van der Waals surface area contributed by atoms with Crippen molar-refractivity contribution in [1.82, 2.24) is 15.6 Å². The lowest BCUT2D eigenvalue weighted by Gasteiger charge is -2.14. The number of benzene rings is 1. The summed E-state index contributed by atoms with van der Waals surface area (Å²) >= 11 is 0. The minimum Gasteiger partial charge on any atom is -0.438 e. The average Bonchev–Trinajstić information content (AvgIpc) is 2.97. The summed E-state index contributed by atoms with van der Waals surface area (Å²) in [6.45, 7) is 3.38. The van der Waals surface area contributed by atoms with Crippen LogP contribution in [0.3, 0.4) is 0 Å². The Balaban J connectivity index is 1.99. The third-order valence-corrected chi connectivity index (χ3v) is 2.95. The molecular weight excluding hydrogens is 270 g/mol. The number of aliphatic hydroxyl groups is 1. The predicted octanol–water partition coefficient (Wildman–Crippen LogP) is 2.08. The monoisotopic (exact) mass is 289 g/mol. The molecular formula is C15H19N3O3. The van der Waals surface area contributed by atoms with Gasteiger partial charge in [-0.15, -0.1) is 0 Å². The molecule has 0 aliphatic rings. The second-order valence-corrected chi connectivity index (χ2v) is 4.85. The van der Waals surface area contributed by atoms with E-state index in [1.165, 1.54) is 0 Å². The number of oxazole rings is 1. The summed E-state index contributed by atoms with van der Waals surface area (Å²) in [6, 6.07) is 8.58. The van der Waals surface area contributed by atoms with Gasteiger partial charge in [0.1, 0.15) is 6.04 Å². The maximum absolute atomic E-state index is 11.7. The molecule has 3 N–H and O–H groups in total. The molecule has 0 radical (unpaired) electrons. The van der Waals surface area contributed by atoms with Gasteiger partial charge in [-0.2, -0.15) is 0 Å². The van der Waals surface area contributed by atoms with Crippen LogP contribution in [0.15, 0.2) is 40.9 Å². The number of nitrogens with one attached hydrogen (secondary N) is 2. The molecule has 0 bridgehead atoms. The zero-order valence-electron chi connectivity index (χ0n) is 12.0. The topological polar surface area (TPSA) is 87.4 Å². The van der Waals surface area contributed by atoms with Crippen molar-refractivity contribution in [2.45, 2.75) is 25.9 Å². The van der Waals surface area contributed by atoms with Gasteiger partial charge in [-0.05, 0) is 13.8 Å². The smallest absolute Gasteiger partial charge is 0.315 e. The molecule has 6 heteroatoms. The van der Waals surface area contributed by atoms with Crippen molar-refractivity contribution in [2.75, 3.05) is 6.61 Å². The Kier molecular flexibility index (Phi) is 4.94. The lowest BCUT2D eigenvalue weighted by Crippen LogP contribution is -2.43. The second-order valence-electron chi connectivity index (χ2n) is 4.85. The zero-order chi connectivity index (χ0) is 15.2. The summed E-state index contributed by atoms with van der Waals surface area (Å²) in [5, 5.41) is 14.2. The highest BCUT2D eigenvalue weighted by molar-refractivity contribution is 5.74. The highest BCUT2D eigenvalue weighted by Gasteiger charge is 2.16. The molecule has 2 amide bonds. The zero-order valence-corrected chi connectivity index (χ0v) is 12.0. The Morgan fingerprint density at radius 3 is 2.67 bits per heavy atom.